The molecule has 0 aromatic carbocycles. The minimum Gasteiger partial charge on any atom is -0.434 e. The zero-order chi connectivity index (χ0) is 12.4. The van der Waals surface area contributed by atoms with Crippen LogP contribution in [0.2, 0.25) is 0 Å². The van der Waals surface area contributed by atoms with E-state index in [4.69, 9.17) is 4.74 Å². The summed E-state index contributed by atoms with van der Waals surface area (Å²) in [5.41, 5.74) is 0.665. The highest BCUT2D eigenvalue weighted by Gasteiger charge is 2.09. The van der Waals surface area contributed by atoms with Gasteiger partial charge >= 0.3 is 0 Å². The average molecular weight is 241 g/mol. The molecule has 0 unspecified atom stereocenters. The molecule has 0 amide bonds. The molecule has 3 heterocycles. The summed E-state index contributed by atoms with van der Waals surface area (Å²) in [6.07, 6.45) is 8.71. The molecule has 0 atom stereocenters. The zero-order valence-electron chi connectivity index (χ0n) is 9.74. The first-order valence-electron chi connectivity index (χ1n) is 5.46. The molecule has 1 N–H and O–H groups in total. The Morgan fingerprint density at radius 2 is 2.28 bits per heavy atom. The van der Waals surface area contributed by atoms with Crippen molar-refractivity contribution < 1.29 is 4.74 Å². The lowest BCUT2D eigenvalue weighted by molar-refractivity contribution is 0.463. The van der Waals surface area contributed by atoms with Crippen LogP contribution in [0.3, 0.4) is 0 Å². The van der Waals surface area contributed by atoms with Crippen LogP contribution in [0.25, 0.3) is 5.65 Å². The van der Waals surface area contributed by atoms with Gasteiger partial charge < -0.3 is 10.1 Å². The van der Waals surface area contributed by atoms with Gasteiger partial charge in [-0.25, -0.2) is 4.98 Å². The molecule has 6 heteroatoms. The maximum absolute atomic E-state index is 5.70. The van der Waals surface area contributed by atoms with E-state index in [0.29, 0.717) is 23.1 Å². The molecule has 0 aliphatic heterocycles. The second kappa shape index (κ2) is 4.33. The summed E-state index contributed by atoms with van der Waals surface area (Å²) in [6.45, 7) is 0. The molecular weight excluding hydrogens is 230 g/mol. The Morgan fingerprint density at radius 1 is 1.33 bits per heavy atom. The van der Waals surface area contributed by atoms with Crippen LogP contribution in [-0.2, 0) is 0 Å². The number of rotatable bonds is 3. The second-order valence-corrected chi connectivity index (χ2v) is 3.63. The van der Waals surface area contributed by atoms with Gasteiger partial charge in [0, 0.05) is 25.6 Å². The molecule has 18 heavy (non-hydrogen) atoms. The lowest BCUT2D eigenvalue weighted by Gasteiger charge is -2.07. The number of imidazole rings is 1. The number of aromatic nitrogens is 4. The number of pyridine rings is 1. The Kier molecular flexibility index (Phi) is 2.53. The van der Waals surface area contributed by atoms with Crippen molar-refractivity contribution in [3.63, 3.8) is 0 Å². The summed E-state index contributed by atoms with van der Waals surface area (Å²) in [4.78, 5) is 12.6. The summed E-state index contributed by atoms with van der Waals surface area (Å²) in [7, 11) is 1.80. The van der Waals surface area contributed by atoms with E-state index in [1.165, 1.54) is 0 Å². The van der Waals surface area contributed by atoms with E-state index in [0.717, 1.165) is 0 Å². The molecule has 3 aromatic rings. The van der Waals surface area contributed by atoms with Crippen LogP contribution in [0.5, 0.6) is 11.6 Å². The van der Waals surface area contributed by atoms with Gasteiger partial charge in [0.2, 0.25) is 5.65 Å². The SMILES string of the molecule is CNc1cn2ccnc2c(Oc2cccnc2)n1. The van der Waals surface area contributed by atoms with Gasteiger partial charge in [-0.3, -0.25) is 9.38 Å². The van der Waals surface area contributed by atoms with E-state index < -0.39 is 0 Å². The molecule has 0 spiro atoms. The highest BCUT2D eigenvalue weighted by atomic mass is 16.5. The Balaban J connectivity index is 2.07. The molecule has 6 nitrogen and oxygen atoms in total. The van der Waals surface area contributed by atoms with Gasteiger partial charge in [0.25, 0.3) is 5.88 Å². The number of hydrogen-bond donors (Lipinski definition) is 1. The Hall–Kier alpha value is -2.63. The Labute approximate surface area is 103 Å². The van der Waals surface area contributed by atoms with Crippen LogP contribution in [0.15, 0.2) is 43.1 Å². The van der Waals surface area contributed by atoms with E-state index in [2.05, 4.69) is 20.3 Å². The minimum atomic E-state index is 0.444. The topological polar surface area (TPSA) is 64.3 Å². The molecule has 90 valence electrons. The van der Waals surface area contributed by atoms with Gasteiger partial charge in [0.05, 0.1) is 12.4 Å². The van der Waals surface area contributed by atoms with Crippen LogP contribution < -0.4 is 10.1 Å². The highest BCUT2D eigenvalue weighted by Crippen LogP contribution is 2.23. The molecule has 3 rings (SSSR count). The fraction of sp³-hybridized carbons (Fsp3) is 0.0833. The van der Waals surface area contributed by atoms with Crippen molar-refractivity contribution in [2.24, 2.45) is 0 Å². The van der Waals surface area contributed by atoms with Crippen LogP contribution in [0, 0.1) is 0 Å². The fourth-order valence-corrected chi connectivity index (χ4v) is 1.61. The molecular formula is C12H11N5O. The first-order chi connectivity index (χ1) is 8.86. The van der Waals surface area contributed by atoms with E-state index in [9.17, 15) is 0 Å². The Bertz CT molecular complexity index is 665. The highest BCUT2D eigenvalue weighted by molar-refractivity contribution is 5.54. The molecule has 0 bridgehead atoms. The van der Waals surface area contributed by atoms with Crippen molar-refractivity contribution in [2.45, 2.75) is 0 Å². The van der Waals surface area contributed by atoms with E-state index >= 15 is 0 Å². The summed E-state index contributed by atoms with van der Waals surface area (Å²) in [5.74, 6) is 1.78. The van der Waals surface area contributed by atoms with Crippen molar-refractivity contribution in [1.82, 2.24) is 19.4 Å². The molecule has 0 radical (unpaired) electrons. The van der Waals surface area contributed by atoms with Crippen molar-refractivity contribution in [2.75, 3.05) is 12.4 Å². The standard InChI is InChI=1S/C12H11N5O/c1-13-10-8-17-6-5-15-11(17)12(16-10)18-9-3-2-4-14-7-9/h2-8,13H,1H3. The number of nitrogens with one attached hydrogen (secondary N) is 1. The zero-order valence-corrected chi connectivity index (χ0v) is 9.74. The van der Waals surface area contributed by atoms with Crippen molar-refractivity contribution in [3.05, 3.63) is 43.1 Å². The van der Waals surface area contributed by atoms with Gasteiger partial charge in [0.15, 0.2) is 0 Å². The average Bonchev–Trinajstić information content (AvgIpc) is 2.88. The molecule has 3 aromatic heterocycles. The molecule has 0 saturated heterocycles. The first kappa shape index (κ1) is 10.5. The van der Waals surface area contributed by atoms with Gasteiger partial charge in [0.1, 0.15) is 11.6 Å². The van der Waals surface area contributed by atoms with E-state index in [-0.39, 0.29) is 0 Å². The summed E-state index contributed by atoms with van der Waals surface area (Å²) in [5, 5.41) is 2.98. The number of anilines is 1. The predicted molar refractivity (Wildman–Crippen MR) is 66.8 cm³/mol. The third kappa shape index (κ3) is 1.84. The lowest BCUT2D eigenvalue weighted by atomic mass is 10.5. The van der Waals surface area contributed by atoms with Gasteiger partial charge in [-0.15, -0.1) is 0 Å². The number of fused-ring (bicyclic) bond motifs is 1. The quantitative estimate of drug-likeness (QED) is 0.759. The van der Waals surface area contributed by atoms with Crippen LogP contribution in [0.1, 0.15) is 0 Å². The monoisotopic (exact) mass is 241 g/mol. The van der Waals surface area contributed by atoms with Crippen LogP contribution in [-0.4, -0.2) is 26.4 Å². The molecule has 0 aliphatic rings. The lowest BCUT2D eigenvalue weighted by Crippen LogP contribution is -1.99. The van der Waals surface area contributed by atoms with Gasteiger partial charge in [-0.05, 0) is 12.1 Å². The molecule has 0 saturated carbocycles. The molecule has 0 fully saturated rings. The van der Waals surface area contributed by atoms with Crippen LogP contribution in [0.4, 0.5) is 5.82 Å². The predicted octanol–water partition coefficient (Wildman–Crippen LogP) is 1.96. The summed E-state index contributed by atoms with van der Waals surface area (Å²) < 4.78 is 7.55. The maximum Gasteiger partial charge on any atom is 0.265 e. The minimum absolute atomic E-state index is 0.444. The molecule has 0 aliphatic carbocycles. The van der Waals surface area contributed by atoms with Crippen LogP contribution >= 0.6 is 0 Å². The van der Waals surface area contributed by atoms with Gasteiger partial charge in [-0.2, -0.15) is 4.98 Å². The smallest absolute Gasteiger partial charge is 0.265 e. The maximum atomic E-state index is 5.70. The van der Waals surface area contributed by atoms with Crippen molar-refractivity contribution >= 4 is 11.5 Å². The van der Waals surface area contributed by atoms with Crippen molar-refractivity contribution in [3.8, 4) is 11.6 Å². The second-order valence-electron chi connectivity index (χ2n) is 3.63. The number of nitrogens with zero attached hydrogens (tertiary/aromatic N) is 4. The third-order valence-corrected chi connectivity index (χ3v) is 2.45. The summed E-state index contributed by atoms with van der Waals surface area (Å²) >= 11 is 0. The fourth-order valence-electron chi connectivity index (χ4n) is 1.61. The number of ether oxygens (including phenoxy) is 1. The van der Waals surface area contributed by atoms with Gasteiger partial charge in [-0.1, -0.05) is 0 Å². The first-order valence-corrected chi connectivity index (χ1v) is 5.46. The number of hydrogen-bond acceptors (Lipinski definition) is 5. The summed E-state index contributed by atoms with van der Waals surface area (Å²) in [6, 6.07) is 3.63. The Morgan fingerprint density at radius 3 is 3.06 bits per heavy atom. The normalized spacial score (nSPS) is 10.5. The largest absolute Gasteiger partial charge is 0.434 e. The van der Waals surface area contributed by atoms with E-state index in [1.54, 1.807) is 31.7 Å². The van der Waals surface area contributed by atoms with E-state index in [1.807, 2.05) is 22.9 Å². The van der Waals surface area contributed by atoms with Crippen molar-refractivity contribution in [1.29, 1.82) is 0 Å². The third-order valence-electron chi connectivity index (χ3n) is 2.45.